The highest BCUT2D eigenvalue weighted by molar-refractivity contribution is 7.71. The molecule has 0 saturated heterocycles. The van der Waals surface area contributed by atoms with Crippen molar-refractivity contribution in [2.75, 3.05) is 0 Å². The van der Waals surface area contributed by atoms with Gasteiger partial charge in [-0.15, -0.1) is 0 Å². The molecular weight excluding hydrogens is 215 g/mol. The molecule has 0 bridgehead atoms. The molecule has 0 unspecified atom stereocenters. The molecule has 0 aliphatic heterocycles. The lowest BCUT2D eigenvalue weighted by atomic mass is 10.2. The Morgan fingerprint density at radius 2 is 2.20 bits per heavy atom. The largest absolute Gasteiger partial charge is 0.338 e. The molecule has 0 aliphatic rings. The number of benzene rings is 1. The fourth-order valence-electron chi connectivity index (χ4n) is 1.59. The van der Waals surface area contributed by atoms with Crippen LogP contribution in [0.5, 0.6) is 0 Å². The Morgan fingerprint density at radius 3 is 3.07 bits per heavy atom. The second kappa shape index (κ2) is 2.83. The van der Waals surface area contributed by atoms with E-state index in [0.717, 1.165) is 0 Å². The molecule has 1 aromatic carbocycles. The minimum absolute atomic E-state index is 0.273. The second-order valence-corrected chi connectivity index (χ2v) is 3.51. The van der Waals surface area contributed by atoms with Gasteiger partial charge in [-0.05, 0) is 24.4 Å². The number of aromatic amines is 2. The van der Waals surface area contributed by atoms with E-state index in [1.165, 1.54) is 6.07 Å². The van der Waals surface area contributed by atoms with Crippen molar-refractivity contribution in [3.05, 3.63) is 28.8 Å². The molecule has 0 fully saturated rings. The van der Waals surface area contributed by atoms with Crippen molar-refractivity contribution in [1.29, 1.82) is 0 Å². The van der Waals surface area contributed by atoms with Gasteiger partial charge >= 0.3 is 0 Å². The molecule has 0 atom stereocenters. The van der Waals surface area contributed by atoms with E-state index in [1.54, 1.807) is 12.1 Å². The van der Waals surface area contributed by atoms with Crippen LogP contribution in [-0.4, -0.2) is 20.2 Å². The van der Waals surface area contributed by atoms with Gasteiger partial charge in [0.05, 0.1) is 10.9 Å². The zero-order valence-electron chi connectivity index (χ0n) is 7.41. The first-order valence-electron chi connectivity index (χ1n) is 4.28. The van der Waals surface area contributed by atoms with Crippen LogP contribution in [0.15, 0.2) is 18.2 Å². The maximum atomic E-state index is 13.5. The number of aromatic nitrogens is 4. The summed E-state index contributed by atoms with van der Waals surface area (Å²) in [6, 6.07) is 4.79. The highest BCUT2D eigenvalue weighted by Crippen LogP contribution is 2.23. The van der Waals surface area contributed by atoms with Gasteiger partial charge in [0.2, 0.25) is 4.77 Å². The molecule has 0 amide bonds. The van der Waals surface area contributed by atoms with Crippen LogP contribution >= 0.6 is 12.2 Å². The third-order valence-corrected chi connectivity index (χ3v) is 2.39. The average Bonchev–Trinajstić information content (AvgIpc) is 2.56. The summed E-state index contributed by atoms with van der Waals surface area (Å²) in [5.74, 6) is -0.321. The first-order valence-corrected chi connectivity index (χ1v) is 4.69. The Kier molecular flexibility index (Phi) is 1.60. The summed E-state index contributed by atoms with van der Waals surface area (Å²) in [7, 11) is 0. The molecule has 3 aromatic rings. The van der Waals surface area contributed by atoms with Crippen LogP contribution in [0.25, 0.3) is 22.1 Å². The zero-order chi connectivity index (χ0) is 10.4. The van der Waals surface area contributed by atoms with Gasteiger partial charge in [-0.2, -0.15) is 10.1 Å². The number of nitrogens with zero attached hydrogens (tertiary/aromatic N) is 2. The van der Waals surface area contributed by atoms with Gasteiger partial charge < -0.3 is 4.98 Å². The number of halogens is 1. The molecule has 2 aromatic heterocycles. The molecular formula is C9H5FN4S. The highest BCUT2D eigenvalue weighted by atomic mass is 32.1. The van der Waals surface area contributed by atoms with Crippen molar-refractivity contribution < 1.29 is 4.39 Å². The molecule has 0 radical (unpaired) electrons. The van der Waals surface area contributed by atoms with Gasteiger partial charge in [0.15, 0.2) is 5.65 Å². The lowest BCUT2D eigenvalue weighted by Crippen LogP contribution is -1.87. The van der Waals surface area contributed by atoms with E-state index < -0.39 is 0 Å². The second-order valence-electron chi connectivity index (χ2n) is 3.13. The molecule has 3 rings (SSSR count). The molecule has 4 nitrogen and oxygen atoms in total. The number of H-pyrrole nitrogens is 2. The summed E-state index contributed by atoms with van der Waals surface area (Å²) in [6.45, 7) is 0. The van der Waals surface area contributed by atoms with E-state index in [9.17, 15) is 4.39 Å². The fraction of sp³-hybridized carbons (Fsp3) is 0. The van der Waals surface area contributed by atoms with Gasteiger partial charge in [-0.1, -0.05) is 6.07 Å². The Bertz CT molecular complexity index is 715. The molecule has 74 valence electrons. The monoisotopic (exact) mass is 220 g/mol. The molecule has 0 spiro atoms. The van der Waals surface area contributed by atoms with E-state index in [4.69, 9.17) is 12.2 Å². The highest BCUT2D eigenvalue weighted by Gasteiger charge is 2.10. The molecule has 2 heterocycles. The average molecular weight is 220 g/mol. The maximum Gasteiger partial charge on any atom is 0.215 e. The smallest absolute Gasteiger partial charge is 0.215 e. The van der Waals surface area contributed by atoms with E-state index in [1.807, 2.05) is 0 Å². The zero-order valence-corrected chi connectivity index (χ0v) is 8.23. The maximum absolute atomic E-state index is 13.5. The number of nitrogens with one attached hydrogen (secondary N) is 2. The summed E-state index contributed by atoms with van der Waals surface area (Å²) in [5.41, 5.74) is 1.63. The lowest BCUT2D eigenvalue weighted by molar-refractivity contribution is 0.640. The fourth-order valence-corrected chi connectivity index (χ4v) is 1.73. The first kappa shape index (κ1) is 8.49. The third-order valence-electron chi connectivity index (χ3n) is 2.20. The van der Waals surface area contributed by atoms with Gasteiger partial charge in [0, 0.05) is 0 Å². The van der Waals surface area contributed by atoms with Crippen molar-refractivity contribution in [2.45, 2.75) is 0 Å². The molecule has 2 N–H and O–H groups in total. The molecule has 6 heteroatoms. The van der Waals surface area contributed by atoms with Crippen LogP contribution in [0.1, 0.15) is 0 Å². The lowest BCUT2D eigenvalue weighted by Gasteiger charge is -1.90. The van der Waals surface area contributed by atoms with Crippen molar-refractivity contribution in [3.63, 3.8) is 0 Å². The Balaban J connectivity index is 2.64. The number of fused-ring (bicyclic) bond motifs is 3. The van der Waals surface area contributed by atoms with Crippen molar-refractivity contribution in [3.8, 4) is 0 Å². The van der Waals surface area contributed by atoms with E-state index in [0.29, 0.717) is 22.1 Å². The van der Waals surface area contributed by atoms with Gasteiger partial charge in [-0.25, -0.2) is 4.39 Å². The molecule has 0 aliphatic carbocycles. The topological polar surface area (TPSA) is 57.4 Å². The van der Waals surface area contributed by atoms with Crippen molar-refractivity contribution >= 4 is 34.3 Å². The van der Waals surface area contributed by atoms with Crippen LogP contribution in [0, 0.1) is 10.6 Å². The Hall–Kier alpha value is -1.82. The summed E-state index contributed by atoms with van der Waals surface area (Å²) in [5, 5.41) is 6.95. The number of rotatable bonds is 0. The Labute approximate surface area is 88.2 Å². The minimum Gasteiger partial charge on any atom is -0.338 e. The Morgan fingerprint density at radius 1 is 1.33 bits per heavy atom. The van der Waals surface area contributed by atoms with Gasteiger partial charge in [0.25, 0.3) is 0 Å². The van der Waals surface area contributed by atoms with E-state index in [-0.39, 0.29) is 10.6 Å². The van der Waals surface area contributed by atoms with Gasteiger partial charge in [0.1, 0.15) is 11.3 Å². The van der Waals surface area contributed by atoms with Crippen molar-refractivity contribution in [1.82, 2.24) is 20.2 Å². The van der Waals surface area contributed by atoms with Crippen LogP contribution in [0.3, 0.4) is 0 Å². The van der Waals surface area contributed by atoms with Crippen LogP contribution in [0.2, 0.25) is 0 Å². The van der Waals surface area contributed by atoms with Crippen molar-refractivity contribution in [2.24, 2.45) is 0 Å². The number of hydrogen-bond donors (Lipinski definition) is 2. The normalized spacial score (nSPS) is 11.3. The quantitative estimate of drug-likeness (QED) is 0.571. The first-order chi connectivity index (χ1) is 7.25. The summed E-state index contributed by atoms with van der Waals surface area (Å²) >= 11 is 4.83. The summed E-state index contributed by atoms with van der Waals surface area (Å²) in [4.78, 5) is 6.99. The standard InChI is InChI=1S/C9H5FN4S/c10-4-2-1-3-5-6(4)7-8(11-5)12-9(15)14-13-7/h1-3H,(H2,11,12,14,15). The summed E-state index contributed by atoms with van der Waals surface area (Å²) < 4.78 is 13.8. The predicted molar refractivity (Wildman–Crippen MR) is 56.5 cm³/mol. The van der Waals surface area contributed by atoms with E-state index in [2.05, 4.69) is 20.2 Å². The third kappa shape index (κ3) is 1.15. The van der Waals surface area contributed by atoms with Gasteiger partial charge in [-0.3, -0.25) is 5.10 Å². The van der Waals surface area contributed by atoms with Crippen LogP contribution < -0.4 is 0 Å². The van der Waals surface area contributed by atoms with Crippen LogP contribution in [-0.2, 0) is 0 Å². The van der Waals surface area contributed by atoms with Crippen LogP contribution in [0.4, 0.5) is 4.39 Å². The summed E-state index contributed by atoms with van der Waals surface area (Å²) in [6.07, 6.45) is 0. The minimum atomic E-state index is -0.321. The molecule has 0 saturated carbocycles. The molecule has 15 heavy (non-hydrogen) atoms. The van der Waals surface area contributed by atoms with E-state index >= 15 is 0 Å². The predicted octanol–water partition coefficient (Wildman–Crippen LogP) is 2.31. The number of hydrogen-bond acceptors (Lipinski definition) is 3. The SMILES string of the molecule is Fc1cccc2[nH]c3nc(=S)[nH]nc3c12.